The first-order valence-electron chi connectivity index (χ1n) is 6.49. The topological polar surface area (TPSA) is 29.1 Å². The molecule has 2 nitrogen and oxygen atoms in total. The maximum Gasteiger partial charge on any atom is 0.244 e. The number of nitrogens with one attached hydrogen (secondary N) is 1. The minimum absolute atomic E-state index is 0.0659. The number of rotatable bonds is 5. The Morgan fingerprint density at radius 2 is 1.75 bits per heavy atom. The fourth-order valence-electron chi connectivity index (χ4n) is 1.78. The van der Waals surface area contributed by atoms with Crippen molar-refractivity contribution in [3.05, 3.63) is 76.3 Å². The van der Waals surface area contributed by atoms with Gasteiger partial charge in [0, 0.05) is 17.1 Å². The van der Waals surface area contributed by atoms with E-state index >= 15 is 0 Å². The van der Waals surface area contributed by atoms with Gasteiger partial charge in [0.05, 0.1) is 0 Å². The summed E-state index contributed by atoms with van der Waals surface area (Å²) in [6.45, 7) is 0.646. The highest BCUT2D eigenvalue weighted by molar-refractivity contribution is 9.10. The van der Waals surface area contributed by atoms with Crippen LogP contribution in [0.15, 0.2) is 65.1 Å². The zero-order valence-corrected chi connectivity index (χ0v) is 12.6. The monoisotopic (exact) mass is 329 g/mol. The van der Waals surface area contributed by atoms with Gasteiger partial charge in [0.2, 0.25) is 5.91 Å². The van der Waals surface area contributed by atoms with Gasteiger partial charge in [-0.25, -0.2) is 0 Å². The van der Waals surface area contributed by atoms with E-state index in [1.165, 1.54) is 5.56 Å². The molecule has 0 aliphatic heterocycles. The smallest absolute Gasteiger partial charge is 0.244 e. The summed E-state index contributed by atoms with van der Waals surface area (Å²) < 4.78 is 1.03. The van der Waals surface area contributed by atoms with Gasteiger partial charge in [-0.3, -0.25) is 4.79 Å². The predicted molar refractivity (Wildman–Crippen MR) is 86.3 cm³/mol. The number of hydrogen-bond donors (Lipinski definition) is 1. The fourth-order valence-corrected chi connectivity index (χ4v) is 2.04. The second-order valence-corrected chi connectivity index (χ2v) is 5.33. The first kappa shape index (κ1) is 14.5. The molecule has 2 rings (SSSR count). The lowest BCUT2D eigenvalue weighted by Crippen LogP contribution is -2.23. The normalized spacial score (nSPS) is 10.7. The molecular formula is C17H16BrNO. The Hall–Kier alpha value is -1.87. The van der Waals surface area contributed by atoms with Crippen LogP contribution in [0.5, 0.6) is 0 Å². The first-order valence-corrected chi connectivity index (χ1v) is 7.29. The van der Waals surface area contributed by atoms with Crippen LogP contribution in [-0.2, 0) is 11.2 Å². The van der Waals surface area contributed by atoms with Crippen molar-refractivity contribution in [3.63, 3.8) is 0 Å². The summed E-state index contributed by atoms with van der Waals surface area (Å²) >= 11 is 3.38. The highest BCUT2D eigenvalue weighted by Crippen LogP contribution is 2.11. The van der Waals surface area contributed by atoms with Gasteiger partial charge in [-0.15, -0.1) is 0 Å². The van der Waals surface area contributed by atoms with Crippen LogP contribution in [0.2, 0.25) is 0 Å². The predicted octanol–water partition coefficient (Wildman–Crippen LogP) is 3.82. The molecule has 0 saturated carbocycles. The van der Waals surface area contributed by atoms with Gasteiger partial charge < -0.3 is 5.32 Å². The summed E-state index contributed by atoms with van der Waals surface area (Å²) in [6.07, 6.45) is 4.22. The van der Waals surface area contributed by atoms with E-state index in [4.69, 9.17) is 0 Å². The molecule has 1 N–H and O–H groups in total. The standard InChI is InChI=1S/C17H16BrNO/c18-16-9-6-15(7-10-16)8-11-17(20)19-13-12-14-4-2-1-3-5-14/h1-11H,12-13H2,(H,19,20)/b11-8-. The average Bonchev–Trinajstić information content (AvgIpc) is 2.48. The second-order valence-electron chi connectivity index (χ2n) is 4.41. The number of halogens is 1. The first-order chi connectivity index (χ1) is 9.74. The molecule has 102 valence electrons. The van der Waals surface area contributed by atoms with Gasteiger partial charge in [0.15, 0.2) is 0 Å². The largest absolute Gasteiger partial charge is 0.352 e. The minimum atomic E-state index is -0.0659. The van der Waals surface area contributed by atoms with E-state index in [0.717, 1.165) is 16.5 Å². The van der Waals surface area contributed by atoms with Gasteiger partial charge in [0.1, 0.15) is 0 Å². The lowest BCUT2D eigenvalue weighted by atomic mass is 10.1. The molecule has 2 aromatic rings. The Bertz CT molecular complexity index is 576. The van der Waals surface area contributed by atoms with Crippen LogP contribution in [0, 0.1) is 0 Å². The molecular weight excluding hydrogens is 314 g/mol. The number of amides is 1. The van der Waals surface area contributed by atoms with Crippen molar-refractivity contribution >= 4 is 27.9 Å². The van der Waals surface area contributed by atoms with Crippen molar-refractivity contribution in [3.8, 4) is 0 Å². The highest BCUT2D eigenvalue weighted by Gasteiger charge is 1.96. The van der Waals surface area contributed by atoms with Crippen molar-refractivity contribution in [2.45, 2.75) is 6.42 Å². The zero-order valence-electron chi connectivity index (χ0n) is 11.1. The number of carbonyl (C=O) groups excluding carboxylic acids is 1. The van der Waals surface area contributed by atoms with Crippen LogP contribution in [0.25, 0.3) is 6.08 Å². The average molecular weight is 330 g/mol. The van der Waals surface area contributed by atoms with Crippen LogP contribution in [0.3, 0.4) is 0 Å². The molecule has 0 aliphatic rings. The second kappa shape index (κ2) is 7.65. The van der Waals surface area contributed by atoms with Crippen molar-refractivity contribution in [1.82, 2.24) is 5.32 Å². The molecule has 0 saturated heterocycles. The van der Waals surface area contributed by atoms with Gasteiger partial charge in [-0.1, -0.05) is 58.4 Å². The Kier molecular flexibility index (Phi) is 5.56. The van der Waals surface area contributed by atoms with Gasteiger partial charge in [-0.05, 0) is 35.8 Å². The summed E-state index contributed by atoms with van der Waals surface area (Å²) in [7, 11) is 0. The quantitative estimate of drug-likeness (QED) is 0.830. The molecule has 0 spiro atoms. The van der Waals surface area contributed by atoms with Crippen molar-refractivity contribution in [2.24, 2.45) is 0 Å². The molecule has 3 heteroatoms. The van der Waals surface area contributed by atoms with E-state index in [9.17, 15) is 4.79 Å². The molecule has 2 aromatic carbocycles. The lowest BCUT2D eigenvalue weighted by molar-refractivity contribution is -0.116. The van der Waals surface area contributed by atoms with Crippen LogP contribution >= 0.6 is 15.9 Å². The molecule has 0 unspecified atom stereocenters. The summed E-state index contributed by atoms with van der Waals surface area (Å²) in [5.74, 6) is -0.0659. The summed E-state index contributed by atoms with van der Waals surface area (Å²) in [6, 6.07) is 17.9. The van der Waals surface area contributed by atoms with Crippen molar-refractivity contribution < 1.29 is 4.79 Å². The van der Waals surface area contributed by atoms with Crippen LogP contribution in [-0.4, -0.2) is 12.5 Å². The third kappa shape index (κ3) is 5.02. The van der Waals surface area contributed by atoms with Crippen molar-refractivity contribution in [1.29, 1.82) is 0 Å². The molecule has 0 heterocycles. The highest BCUT2D eigenvalue weighted by atomic mass is 79.9. The molecule has 20 heavy (non-hydrogen) atoms. The maximum absolute atomic E-state index is 11.7. The Morgan fingerprint density at radius 3 is 2.45 bits per heavy atom. The molecule has 1 amide bonds. The van der Waals surface area contributed by atoms with Gasteiger partial charge >= 0.3 is 0 Å². The molecule has 0 radical (unpaired) electrons. The minimum Gasteiger partial charge on any atom is -0.352 e. The van der Waals surface area contributed by atoms with E-state index in [2.05, 4.69) is 33.4 Å². The SMILES string of the molecule is O=C(/C=C\c1ccc(Br)cc1)NCCc1ccccc1. The summed E-state index contributed by atoms with van der Waals surface area (Å²) in [5.41, 5.74) is 2.23. The van der Waals surface area contributed by atoms with Crippen LogP contribution in [0.4, 0.5) is 0 Å². The molecule has 0 bridgehead atoms. The van der Waals surface area contributed by atoms with E-state index < -0.39 is 0 Å². The Labute approximate surface area is 127 Å². The molecule has 0 fully saturated rings. The number of carbonyl (C=O) groups is 1. The van der Waals surface area contributed by atoms with E-state index in [0.29, 0.717) is 6.54 Å². The third-order valence-electron chi connectivity index (χ3n) is 2.85. The zero-order chi connectivity index (χ0) is 14.2. The molecule has 0 aliphatic carbocycles. The molecule has 0 atom stereocenters. The Morgan fingerprint density at radius 1 is 1.05 bits per heavy atom. The van der Waals surface area contributed by atoms with E-state index in [1.807, 2.05) is 48.5 Å². The summed E-state index contributed by atoms with van der Waals surface area (Å²) in [4.78, 5) is 11.7. The number of hydrogen-bond acceptors (Lipinski definition) is 1. The lowest BCUT2D eigenvalue weighted by Gasteiger charge is -2.02. The van der Waals surface area contributed by atoms with E-state index in [-0.39, 0.29) is 5.91 Å². The third-order valence-corrected chi connectivity index (χ3v) is 3.38. The van der Waals surface area contributed by atoms with Crippen molar-refractivity contribution in [2.75, 3.05) is 6.54 Å². The maximum atomic E-state index is 11.7. The number of benzene rings is 2. The van der Waals surface area contributed by atoms with Gasteiger partial charge in [-0.2, -0.15) is 0 Å². The van der Waals surface area contributed by atoms with Crippen LogP contribution in [0.1, 0.15) is 11.1 Å². The van der Waals surface area contributed by atoms with E-state index in [1.54, 1.807) is 6.08 Å². The van der Waals surface area contributed by atoms with Gasteiger partial charge in [0.25, 0.3) is 0 Å². The fraction of sp³-hybridized carbons (Fsp3) is 0.118. The molecule has 0 aromatic heterocycles. The Balaban J connectivity index is 1.76. The summed E-state index contributed by atoms with van der Waals surface area (Å²) in [5, 5.41) is 2.88. The van der Waals surface area contributed by atoms with Crippen LogP contribution < -0.4 is 5.32 Å².